The lowest BCUT2D eigenvalue weighted by molar-refractivity contribution is 0.414. The van der Waals surface area contributed by atoms with Crippen molar-refractivity contribution in [2.75, 3.05) is 7.11 Å². The normalized spacial score (nSPS) is 9.46. The second-order valence-electron chi connectivity index (χ2n) is 2.15. The largest absolute Gasteiger partial charge is 0.495 e. The summed E-state index contributed by atoms with van der Waals surface area (Å²) >= 11 is 11.3. The molecule has 0 aromatic heterocycles. The van der Waals surface area contributed by atoms with Gasteiger partial charge in [0, 0.05) is 0 Å². The molecule has 0 heterocycles. The minimum Gasteiger partial charge on any atom is -0.495 e. The molecule has 0 aliphatic heterocycles. The van der Waals surface area contributed by atoms with E-state index in [0.29, 0.717) is 0 Å². The third-order valence-corrected chi connectivity index (χ3v) is 2.05. The van der Waals surface area contributed by atoms with Crippen LogP contribution in [0.25, 0.3) is 4.85 Å². The molecule has 0 atom stereocenters. The number of halogens is 3. The van der Waals surface area contributed by atoms with Gasteiger partial charge in [-0.3, -0.25) is 0 Å². The van der Waals surface area contributed by atoms with E-state index in [-0.39, 0.29) is 21.5 Å². The van der Waals surface area contributed by atoms with E-state index in [1.54, 1.807) is 0 Å². The first-order valence-corrected chi connectivity index (χ1v) is 3.96. The van der Waals surface area contributed by atoms with Gasteiger partial charge >= 0.3 is 0 Å². The average molecular weight is 220 g/mol. The number of rotatable bonds is 1. The monoisotopic (exact) mass is 219 g/mol. The summed E-state index contributed by atoms with van der Waals surface area (Å²) in [7, 11) is 1.35. The van der Waals surface area contributed by atoms with Crippen LogP contribution in [0.2, 0.25) is 10.0 Å². The van der Waals surface area contributed by atoms with Crippen LogP contribution in [0.1, 0.15) is 0 Å². The van der Waals surface area contributed by atoms with Crippen molar-refractivity contribution in [1.29, 1.82) is 0 Å². The molecule has 0 aliphatic carbocycles. The summed E-state index contributed by atoms with van der Waals surface area (Å²) in [6.45, 7) is 6.67. The third kappa shape index (κ3) is 1.69. The average Bonchev–Trinajstić information content (AvgIpc) is 2.04. The second kappa shape index (κ2) is 3.82. The number of hydrogen-bond donors (Lipinski definition) is 0. The van der Waals surface area contributed by atoms with E-state index in [1.807, 2.05) is 0 Å². The maximum atomic E-state index is 13.0. The predicted molar refractivity (Wildman–Crippen MR) is 49.2 cm³/mol. The van der Waals surface area contributed by atoms with Crippen LogP contribution in [-0.4, -0.2) is 7.11 Å². The molecule has 0 fully saturated rings. The van der Waals surface area contributed by atoms with E-state index in [9.17, 15) is 4.39 Å². The van der Waals surface area contributed by atoms with Crippen LogP contribution in [0, 0.1) is 12.4 Å². The number of benzene rings is 1. The number of methoxy groups -OCH3 is 1. The zero-order chi connectivity index (χ0) is 10.0. The van der Waals surface area contributed by atoms with Gasteiger partial charge in [-0.25, -0.2) is 9.24 Å². The highest BCUT2D eigenvalue weighted by Gasteiger charge is 2.16. The Morgan fingerprint density at radius 2 is 2.15 bits per heavy atom. The Kier molecular flexibility index (Phi) is 2.97. The lowest BCUT2D eigenvalue weighted by Crippen LogP contribution is -1.87. The molecule has 0 spiro atoms. The third-order valence-electron chi connectivity index (χ3n) is 1.42. The molecule has 1 aromatic carbocycles. The second-order valence-corrected chi connectivity index (χ2v) is 2.93. The summed E-state index contributed by atoms with van der Waals surface area (Å²) in [6.07, 6.45) is 0. The zero-order valence-electron chi connectivity index (χ0n) is 6.57. The van der Waals surface area contributed by atoms with Crippen LogP contribution in [0.3, 0.4) is 0 Å². The van der Waals surface area contributed by atoms with Gasteiger partial charge < -0.3 is 4.74 Å². The molecule has 1 rings (SSSR count). The molecule has 0 saturated carbocycles. The Balaban J connectivity index is 3.51. The van der Waals surface area contributed by atoms with Gasteiger partial charge in [-0.15, -0.1) is 0 Å². The standard InChI is InChI=1S/C8H4Cl2FNO/c1-12-7-5(11)3-4(9)8(13-2)6(7)10/h3H,2H3. The number of ether oxygens (including phenoxy) is 1. The van der Waals surface area contributed by atoms with Crippen molar-refractivity contribution < 1.29 is 9.13 Å². The van der Waals surface area contributed by atoms with E-state index in [4.69, 9.17) is 34.5 Å². The Bertz CT molecular complexity index is 387. The minimum atomic E-state index is -0.745. The highest BCUT2D eigenvalue weighted by molar-refractivity contribution is 6.39. The summed E-state index contributed by atoms with van der Waals surface area (Å²) in [5, 5.41) is -0.0418. The minimum absolute atomic E-state index is 0.0531. The number of nitrogens with zero attached hydrogens (tertiary/aromatic N) is 1. The summed E-state index contributed by atoms with van der Waals surface area (Å²) in [5.41, 5.74) is -0.275. The molecule has 5 heteroatoms. The summed E-state index contributed by atoms with van der Waals surface area (Å²) < 4.78 is 17.8. The highest BCUT2D eigenvalue weighted by atomic mass is 35.5. The predicted octanol–water partition coefficient (Wildman–Crippen LogP) is 3.69. The van der Waals surface area contributed by atoms with Crippen LogP contribution in [-0.2, 0) is 0 Å². The van der Waals surface area contributed by atoms with E-state index in [0.717, 1.165) is 6.07 Å². The molecular formula is C8H4Cl2FNO. The SMILES string of the molecule is [C-]#[N+]c1c(F)cc(Cl)c(OC)c1Cl. The van der Waals surface area contributed by atoms with E-state index >= 15 is 0 Å². The quantitative estimate of drug-likeness (QED) is 0.658. The first-order chi connectivity index (χ1) is 6.11. The summed E-state index contributed by atoms with van der Waals surface area (Å²) in [4.78, 5) is 2.92. The number of hydrogen-bond acceptors (Lipinski definition) is 1. The van der Waals surface area contributed by atoms with Gasteiger partial charge in [0.05, 0.1) is 23.7 Å². The van der Waals surface area contributed by atoms with Crippen molar-refractivity contribution in [2.24, 2.45) is 0 Å². The smallest absolute Gasteiger partial charge is 0.244 e. The molecule has 68 valence electrons. The van der Waals surface area contributed by atoms with Crippen molar-refractivity contribution in [1.82, 2.24) is 0 Å². The maximum Gasteiger partial charge on any atom is 0.244 e. The molecular weight excluding hydrogens is 216 g/mol. The maximum absolute atomic E-state index is 13.0. The van der Waals surface area contributed by atoms with Crippen LogP contribution in [0.4, 0.5) is 10.1 Å². The molecule has 1 aromatic rings. The first-order valence-electron chi connectivity index (χ1n) is 3.20. The summed E-state index contributed by atoms with van der Waals surface area (Å²) in [5.74, 6) is -0.624. The van der Waals surface area contributed by atoms with Gasteiger partial charge in [0.15, 0.2) is 0 Å². The molecule has 0 radical (unpaired) electrons. The zero-order valence-corrected chi connectivity index (χ0v) is 8.08. The molecule has 0 bridgehead atoms. The molecule has 0 aliphatic rings. The Morgan fingerprint density at radius 1 is 1.54 bits per heavy atom. The van der Waals surface area contributed by atoms with Crippen molar-refractivity contribution in [3.63, 3.8) is 0 Å². The summed E-state index contributed by atoms with van der Waals surface area (Å²) in [6, 6.07) is 1.000. The van der Waals surface area contributed by atoms with Crippen LogP contribution in [0.5, 0.6) is 5.75 Å². The van der Waals surface area contributed by atoms with E-state index in [1.165, 1.54) is 7.11 Å². The van der Waals surface area contributed by atoms with Gasteiger partial charge in [-0.1, -0.05) is 23.2 Å². The lowest BCUT2D eigenvalue weighted by Gasteiger charge is -2.06. The van der Waals surface area contributed by atoms with Gasteiger partial charge in [0.25, 0.3) is 0 Å². The lowest BCUT2D eigenvalue weighted by atomic mass is 10.3. The van der Waals surface area contributed by atoms with Crippen molar-refractivity contribution in [3.8, 4) is 5.75 Å². The molecule has 0 saturated heterocycles. The Hall–Kier alpha value is -0.980. The van der Waals surface area contributed by atoms with Crippen molar-refractivity contribution >= 4 is 28.9 Å². The Labute approximate surface area is 84.6 Å². The van der Waals surface area contributed by atoms with Crippen molar-refractivity contribution in [2.45, 2.75) is 0 Å². The fraction of sp³-hybridized carbons (Fsp3) is 0.125. The Morgan fingerprint density at radius 3 is 2.62 bits per heavy atom. The molecule has 0 N–H and O–H groups in total. The topological polar surface area (TPSA) is 13.6 Å². The van der Waals surface area contributed by atoms with E-state index < -0.39 is 5.82 Å². The molecule has 0 amide bonds. The van der Waals surface area contributed by atoms with Gasteiger partial charge in [-0.05, 0) is 6.07 Å². The molecule has 0 unspecified atom stereocenters. The highest BCUT2D eigenvalue weighted by Crippen LogP contribution is 2.41. The van der Waals surface area contributed by atoms with Crippen LogP contribution >= 0.6 is 23.2 Å². The van der Waals surface area contributed by atoms with Gasteiger partial charge in [0.1, 0.15) is 11.6 Å². The fourth-order valence-electron chi connectivity index (χ4n) is 0.852. The van der Waals surface area contributed by atoms with Gasteiger partial charge in [-0.2, -0.15) is 0 Å². The fourth-order valence-corrected chi connectivity index (χ4v) is 1.48. The van der Waals surface area contributed by atoms with E-state index in [2.05, 4.69) is 4.85 Å². The van der Waals surface area contributed by atoms with Crippen molar-refractivity contribution in [3.05, 3.63) is 33.3 Å². The van der Waals surface area contributed by atoms with Crippen LogP contribution in [0.15, 0.2) is 6.07 Å². The molecule has 13 heavy (non-hydrogen) atoms. The van der Waals surface area contributed by atoms with Crippen LogP contribution < -0.4 is 4.74 Å². The first kappa shape index (κ1) is 10.1. The van der Waals surface area contributed by atoms with Gasteiger partial charge in [0.2, 0.25) is 5.69 Å². The molecule has 2 nitrogen and oxygen atoms in total.